The molecule has 2 heterocycles. The van der Waals surface area contributed by atoms with Crippen LogP contribution in [0.4, 0.5) is 5.69 Å². The average molecular weight is 507 g/mol. The third kappa shape index (κ3) is 5.75. The highest BCUT2D eigenvalue weighted by Crippen LogP contribution is 2.32. The molecule has 190 valence electrons. The van der Waals surface area contributed by atoms with Crippen molar-refractivity contribution in [2.45, 2.75) is 65.3 Å². The molecule has 0 amide bonds. The molecule has 0 aliphatic carbocycles. The number of ether oxygens (including phenoxy) is 2. The first-order chi connectivity index (χ1) is 17.4. The van der Waals surface area contributed by atoms with Crippen LogP contribution in [0.5, 0.6) is 5.75 Å². The highest BCUT2D eigenvalue weighted by molar-refractivity contribution is 6.32. The van der Waals surface area contributed by atoms with E-state index in [1.54, 1.807) is 7.11 Å². The van der Waals surface area contributed by atoms with E-state index in [-0.39, 0.29) is 0 Å². The fourth-order valence-corrected chi connectivity index (χ4v) is 5.38. The van der Waals surface area contributed by atoms with Crippen molar-refractivity contribution in [1.29, 1.82) is 5.26 Å². The zero-order valence-electron chi connectivity index (χ0n) is 21.6. The Labute approximate surface area is 219 Å². The molecule has 4 rings (SSSR count). The van der Waals surface area contributed by atoms with Crippen LogP contribution in [0.3, 0.4) is 0 Å². The maximum absolute atomic E-state index is 9.65. The highest BCUT2D eigenvalue weighted by Gasteiger charge is 2.26. The van der Waals surface area contributed by atoms with Crippen molar-refractivity contribution in [3.8, 4) is 11.8 Å². The number of aryl methyl sites for hydroxylation is 1. The Bertz CT molecular complexity index is 1250. The summed E-state index contributed by atoms with van der Waals surface area (Å²) in [5.41, 5.74) is 5.57. The summed E-state index contributed by atoms with van der Waals surface area (Å²) in [6.07, 6.45) is 5.10. The molecule has 7 heteroatoms. The van der Waals surface area contributed by atoms with Gasteiger partial charge in [-0.25, -0.2) is 0 Å². The first-order valence-corrected chi connectivity index (χ1v) is 13.1. The van der Waals surface area contributed by atoms with E-state index in [0.29, 0.717) is 48.2 Å². The van der Waals surface area contributed by atoms with Gasteiger partial charge in [0, 0.05) is 35.8 Å². The molecule has 0 saturated carbocycles. The van der Waals surface area contributed by atoms with Crippen molar-refractivity contribution in [3.05, 3.63) is 63.8 Å². The minimum Gasteiger partial charge on any atom is -0.495 e. The summed E-state index contributed by atoms with van der Waals surface area (Å²) in [4.78, 5) is 7.32. The van der Waals surface area contributed by atoms with E-state index in [9.17, 15) is 5.26 Å². The van der Waals surface area contributed by atoms with Gasteiger partial charge in [0.15, 0.2) is 0 Å². The predicted octanol–water partition coefficient (Wildman–Crippen LogP) is 6.33. The number of hydrogen-bond donors (Lipinski definition) is 1. The van der Waals surface area contributed by atoms with Crippen LogP contribution < -0.4 is 10.1 Å². The summed E-state index contributed by atoms with van der Waals surface area (Å²) in [7, 11) is 1.61. The van der Waals surface area contributed by atoms with E-state index in [4.69, 9.17) is 26.1 Å². The monoisotopic (exact) mass is 506 g/mol. The maximum Gasteiger partial charge on any atom is 0.137 e. The molecule has 6 nitrogen and oxygen atoms in total. The zero-order chi connectivity index (χ0) is 25.7. The Morgan fingerprint density at radius 2 is 2.08 bits per heavy atom. The normalized spacial score (nSPS) is 16.0. The van der Waals surface area contributed by atoms with Gasteiger partial charge in [-0.15, -0.1) is 0 Å². The fourth-order valence-electron chi connectivity index (χ4n) is 5.10. The number of anilines is 1. The molecular formula is C29H35ClN4O2. The second-order valence-corrected chi connectivity index (χ2v) is 10.0. The van der Waals surface area contributed by atoms with Crippen LogP contribution in [0.25, 0.3) is 10.9 Å². The van der Waals surface area contributed by atoms with E-state index >= 15 is 0 Å². The lowest BCUT2D eigenvalue weighted by Crippen LogP contribution is -2.38. The van der Waals surface area contributed by atoms with E-state index in [0.717, 1.165) is 46.2 Å². The number of nitrogens with one attached hydrogen (secondary N) is 1. The van der Waals surface area contributed by atoms with E-state index < -0.39 is 0 Å². The van der Waals surface area contributed by atoms with Crippen molar-refractivity contribution < 1.29 is 9.47 Å². The standard InChI is InChI=1S/C29H35ClN4O2/c1-5-22-11-21(14-31)12-25-28(22)33-16-23(17-36-18-24-7-6-10-34(24)19(2)3)29(25)32-15-20-8-9-27(35-4)26(30)13-20/h8-9,11-13,16,19,24H,5-7,10,15,17-18H2,1-4H3,(H,32,33)/t24-/m0/s1. The third-order valence-corrected chi connectivity index (χ3v) is 7.27. The number of aromatic nitrogens is 1. The molecule has 0 spiro atoms. The predicted molar refractivity (Wildman–Crippen MR) is 146 cm³/mol. The summed E-state index contributed by atoms with van der Waals surface area (Å²) in [5, 5.41) is 14.8. The smallest absolute Gasteiger partial charge is 0.137 e. The molecule has 0 unspecified atom stereocenters. The lowest BCUT2D eigenvalue weighted by Gasteiger charge is -2.28. The second-order valence-electron chi connectivity index (χ2n) is 9.62. The summed E-state index contributed by atoms with van der Waals surface area (Å²) >= 11 is 6.36. The van der Waals surface area contributed by atoms with Gasteiger partial charge < -0.3 is 14.8 Å². The van der Waals surface area contributed by atoms with Crippen molar-refractivity contribution in [1.82, 2.24) is 9.88 Å². The van der Waals surface area contributed by atoms with Gasteiger partial charge in [-0.1, -0.05) is 24.6 Å². The van der Waals surface area contributed by atoms with Gasteiger partial charge in [0.2, 0.25) is 0 Å². The highest BCUT2D eigenvalue weighted by atomic mass is 35.5. The molecule has 1 N–H and O–H groups in total. The molecule has 1 atom stereocenters. The third-order valence-electron chi connectivity index (χ3n) is 6.98. The molecule has 1 aliphatic rings. The van der Waals surface area contributed by atoms with Crippen molar-refractivity contribution >= 4 is 28.2 Å². The van der Waals surface area contributed by atoms with Crippen LogP contribution in [0.1, 0.15) is 55.9 Å². The molecule has 1 aromatic heterocycles. The van der Waals surface area contributed by atoms with Crippen LogP contribution >= 0.6 is 11.6 Å². The first-order valence-electron chi connectivity index (χ1n) is 12.7. The van der Waals surface area contributed by atoms with Gasteiger partial charge in [0.05, 0.1) is 48.2 Å². The van der Waals surface area contributed by atoms with Crippen LogP contribution in [-0.4, -0.2) is 42.2 Å². The minimum atomic E-state index is 0.452. The SMILES string of the molecule is CCc1cc(C#N)cc2c(NCc3ccc(OC)c(Cl)c3)c(COC[C@@H]3CCCN3C(C)C)cnc12. The summed E-state index contributed by atoms with van der Waals surface area (Å²) in [5.74, 6) is 0.650. The average Bonchev–Trinajstić information content (AvgIpc) is 3.36. The maximum atomic E-state index is 9.65. The topological polar surface area (TPSA) is 70.4 Å². The minimum absolute atomic E-state index is 0.452. The Balaban J connectivity index is 1.63. The summed E-state index contributed by atoms with van der Waals surface area (Å²) in [6, 6.07) is 12.9. The Morgan fingerprint density at radius 1 is 1.25 bits per heavy atom. The molecule has 3 aromatic rings. The second kappa shape index (κ2) is 11.9. The number of halogens is 1. The molecule has 0 bridgehead atoms. The first kappa shape index (κ1) is 26.2. The number of rotatable bonds is 10. The lowest BCUT2D eigenvalue weighted by atomic mass is 10.0. The number of fused-ring (bicyclic) bond motifs is 1. The molecule has 1 fully saturated rings. The van der Waals surface area contributed by atoms with Gasteiger partial charge in [0.25, 0.3) is 0 Å². The Kier molecular flexibility index (Phi) is 8.68. The Hall–Kier alpha value is -2.85. The molecular weight excluding hydrogens is 472 g/mol. The zero-order valence-corrected chi connectivity index (χ0v) is 22.4. The fraction of sp³-hybridized carbons (Fsp3) is 0.448. The van der Waals surface area contributed by atoms with Crippen molar-refractivity contribution in [3.63, 3.8) is 0 Å². The quantitative estimate of drug-likeness (QED) is 0.346. The van der Waals surface area contributed by atoms with Crippen LogP contribution in [0, 0.1) is 11.3 Å². The molecule has 36 heavy (non-hydrogen) atoms. The molecule has 1 aliphatic heterocycles. The summed E-state index contributed by atoms with van der Waals surface area (Å²) < 4.78 is 11.6. The van der Waals surface area contributed by atoms with Gasteiger partial charge in [-0.2, -0.15) is 5.26 Å². The number of likely N-dealkylation sites (tertiary alicyclic amines) is 1. The van der Waals surface area contributed by atoms with Crippen LogP contribution in [0.2, 0.25) is 5.02 Å². The van der Waals surface area contributed by atoms with Crippen LogP contribution in [-0.2, 0) is 24.3 Å². The number of methoxy groups -OCH3 is 1. The van der Waals surface area contributed by atoms with Gasteiger partial charge in [0.1, 0.15) is 5.75 Å². The van der Waals surface area contributed by atoms with Crippen LogP contribution in [0.15, 0.2) is 36.5 Å². The van der Waals surface area contributed by atoms with E-state index in [2.05, 4.69) is 37.1 Å². The van der Waals surface area contributed by atoms with E-state index in [1.807, 2.05) is 36.5 Å². The molecule has 1 saturated heterocycles. The number of pyridine rings is 1. The Morgan fingerprint density at radius 3 is 2.78 bits per heavy atom. The number of hydrogen-bond acceptors (Lipinski definition) is 6. The molecule has 0 radical (unpaired) electrons. The lowest BCUT2D eigenvalue weighted by molar-refractivity contribution is 0.0566. The van der Waals surface area contributed by atoms with Gasteiger partial charge in [-0.3, -0.25) is 9.88 Å². The van der Waals surface area contributed by atoms with E-state index in [1.165, 1.54) is 12.8 Å². The van der Waals surface area contributed by atoms with Crippen molar-refractivity contribution in [2.24, 2.45) is 0 Å². The summed E-state index contributed by atoms with van der Waals surface area (Å²) in [6.45, 7) is 9.43. The number of nitrogens with zero attached hydrogens (tertiary/aromatic N) is 3. The number of nitriles is 1. The van der Waals surface area contributed by atoms with Crippen molar-refractivity contribution in [2.75, 3.05) is 25.6 Å². The van der Waals surface area contributed by atoms with Gasteiger partial charge >= 0.3 is 0 Å². The van der Waals surface area contributed by atoms with Gasteiger partial charge in [-0.05, 0) is 75.0 Å². The molecule has 2 aromatic carbocycles. The largest absolute Gasteiger partial charge is 0.495 e. The number of benzene rings is 2.